The zero-order chi connectivity index (χ0) is 27.3. The van der Waals surface area contributed by atoms with Gasteiger partial charge in [-0.25, -0.2) is 4.79 Å². The van der Waals surface area contributed by atoms with E-state index in [0.29, 0.717) is 17.3 Å². The van der Waals surface area contributed by atoms with E-state index in [-0.39, 0.29) is 10.6 Å². The molecule has 3 aromatic carbocycles. The molecule has 0 fully saturated rings. The van der Waals surface area contributed by atoms with Crippen LogP contribution in [0.2, 0.25) is 5.02 Å². The van der Waals surface area contributed by atoms with Crippen LogP contribution < -0.4 is 0 Å². The van der Waals surface area contributed by atoms with Crippen molar-refractivity contribution >= 4 is 31.1 Å². The molecule has 0 aliphatic heterocycles. The van der Waals surface area contributed by atoms with Crippen molar-refractivity contribution in [3.05, 3.63) is 82.4 Å². The molecule has 1 heterocycles. The lowest BCUT2D eigenvalue weighted by molar-refractivity contribution is -0.0987. The van der Waals surface area contributed by atoms with Gasteiger partial charge in [-0.2, -0.15) is 4.98 Å². The Hall–Kier alpha value is -4.10. The van der Waals surface area contributed by atoms with Crippen molar-refractivity contribution in [2.75, 3.05) is 0 Å². The summed E-state index contributed by atoms with van der Waals surface area (Å²) in [4.78, 5) is 31.6. The van der Waals surface area contributed by atoms with Crippen LogP contribution in [0.1, 0.15) is 42.3 Å². The molecule has 188 valence electrons. The number of aromatic carboxylic acids is 1. The molecule has 0 saturated carbocycles. The molecule has 0 saturated heterocycles. The molecular formula is C28H29ClN2O5. The number of carboxylic acid groups (broad SMARTS) is 1. The van der Waals surface area contributed by atoms with Gasteiger partial charge in [0, 0.05) is 11.1 Å². The summed E-state index contributed by atoms with van der Waals surface area (Å²) in [7, 11) is 0. The van der Waals surface area contributed by atoms with Crippen LogP contribution in [-0.4, -0.2) is 34.8 Å². The van der Waals surface area contributed by atoms with Gasteiger partial charge in [0.25, 0.3) is 5.89 Å². The average molecular weight is 509 g/mol. The highest BCUT2D eigenvalue weighted by Crippen LogP contribution is 2.32. The highest BCUT2D eigenvalue weighted by atomic mass is 35.5. The fourth-order valence-electron chi connectivity index (χ4n) is 3.44. The van der Waals surface area contributed by atoms with E-state index in [0.717, 1.165) is 12.0 Å². The summed E-state index contributed by atoms with van der Waals surface area (Å²) in [5.41, 5.74) is 6.26. The minimum absolute atomic E-state index is 0.0310. The number of carboxylic acids is 1. The Labute approximate surface area is 215 Å². The number of nitrogens with zero attached hydrogens (tertiary/aromatic N) is 2. The van der Waals surface area contributed by atoms with E-state index in [2.05, 4.69) is 48.3 Å². The number of carbonyl (C=O) groups is 3. The average Bonchev–Trinajstić information content (AvgIpc) is 3.42. The van der Waals surface area contributed by atoms with E-state index in [9.17, 15) is 4.79 Å². The Kier molecular flexibility index (Phi) is 12.5. The Morgan fingerprint density at radius 3 is 2.17 bits per heavy atom. The Morgan fingerprint density at radius 1 is 0.944 bits per heavy atom. The molecule has 0 aliphatic rings. The molecule has 36 heavy (non-hydrogen) atoms. The maximum Gasteiger partial charge on any atom is 0.337 e. The lowest BCUT2D eigenvalue weighted by atomic mass is 9.93. The first-order valence-corrected chi connectivity index (χ1v) is 11.5. The number of benzene rings is 3. The maximum absolute atomic E-state index is 11.1. The number of carbonyl (C=O) groups excluding carboxylic acids is 2. The van der Waals surface area contributed by atoms with Crippen LogP contribution in [0.5, 0.6) is 0 Å². The first-order chi connectivity index (χ1) is 17.5. The van der Waals surface area contributed by atoms with E-state index in [1.54, 1.807) is 6.07 Å². The molecule has 0 spiro atoms. The molecule has 0 amide bonds. The first-order valence-electron chi connectivity index (χ1n) is 11.1. The van der Waals surface area contributed by atoms with Gasteiger partial charge < -0.3 is 19.2 Å². The summed E-state index contributed by atoms with van der Waals surface area (Å²) in [5.74, 6) is -0.333. The van der Waals surface area contributed by atoms with Crippen molar-refractivity contribution in [3.8, 4) is 34.0 Å². The van der Waals surface area contributed by atoms with Crippen molar-refractivity contribution in [1.29, 1.82) is 0 Å². The lowest BCUT2D eigenvalue weighted by Crippen LogP contribution is -1.97. The second-order valence-electron chi connectivity index (χ2n) is 6.96. The summed E-state index contributed by atoms with van der Waals surface area (Å²) >= 11 is 6.06. The monoisotopic (exact) mass is 508 g/mol. The number of aromatic nitrogens is 2. The predicted octanol–water partition coefficient (Wildman–Crippen LogP) is 6.95. The number of rotatable bonds is 5. The van der Waals surface area contributed by atoms with Gasteiger partial charge >= 0.3 is 5.97 Å². The standard InChI is InChI=1S/C24H19ClN2O3.C2H6.2CH2O/c1-3-15-12-17(9-10-19(15)18-7-5-4-6-14(18)2)23-26-22(27-30-23)16-8-11-20(24(28)29)21(25)13-16;3*1-2/h4-13H,3H2,1-2H3,(H,28,29);1-2H3;2*1H2. The van der Waals surface area contributed by atoms with Crippen molar-refractivity contribution in [3.63, 3.8) is 0 Å². The molecule has 0 unspecified atom stereocenters. The topological polar surface area (TPSA) is 110 Å². The van der Waals surface area contributed by atoms with Crippen LogP contribution >= 0.6 is 11.6 Å². The second-order valence-corrected chi connectivity index (χ2v) is 7.37. The third kappa shape index (κ3) is 6.96. The van der Waals surface area contributed by atoms with E-state index in [4.69, 9.17) is 30.8 Å². The normalized spacial score (nSPS) is 9.47. The Bertz CT molecular complexity index is 1280. The number of hydrogen-bond acceptors (Lipinski definition) is 6. The zero-order valence-corrected chi connectivity index (χ0v) is 21.5. The van der Waals surface area contributed by atoms with Crippen LogP contribution in [0.4, 0.5) is 0 Å². The summed E-state index contributed by atoms with van der Waals surface area (Å²) in [6, 6.07) is 19.0. The maximum atomic E-state index is 11.1. The minimum atomic E-state index is -1.08. The van der Waals surface area contributed by atoms with Crippen molar-refractivity contribution < 1.29 is 24.0 Å². The summed E-state index contributed by atoms with van der Waals surface area (Å²) < 4.78 is 5.47. The predicted molar refractivity (Wildman–Crippen MR) is 142 cm³/mol. The van der Waals surface area contributed by atoms with Crippen LogP contribution in [0.25, 0.3) is 34.0 Å². The third-order valence-corrected chi connectivity index (χ3v) is 5.36. The fraction of sp³-hybridized carbons (Fsp3) is 0.179. The molecule has 4 aromatic rings. The summed E-state index contributed by atoms with van der Waals surface area (Å²) in [6.07, 6.45) is 0.866. The quantitative estimate of drug-likeness (QED) is 0.310. The molecule has 1 aromatic heterocycles. The van der Waals surface area contributed by atoms with Gasteiger partial charge in [-0.15, -0.1) is 0 Å². The molecule has 0 aliphatic carbocycles. The van der Waals surface area contributed by atoms with Crippen molar-refractivity contribution in [2.24, 2.45) is 0 Å². The largest absolute Gasteiger partial charge is 0.478 e. The number of hydrogen-bond donors (Lipinski definition) is 1. The molecule has 0 radical (unpaired) electrons. The van der Waals surface area contributed by atoms with Gasteiger partial charge in [-0.05, 0) is 59.9 Å². The summed E-state index contributed by atoms with van der Waals surface area (Å²) in [5, 5.41) is 13.3. The highest BCUT2D eigenvalue weighted by molar-refractivity contribution is 6.33. The SMILES string of the molecule is C=O.C=O.CC.CCc1cc(-c2nc(-c3ccc(C(=O)O)c(Cl)c3)no2)ccc1-c1ccccc1C. The van der Waals surface area contributed by atoms with Crippen LogP contribution in [-0.2, 0) is 16.0 Å². The van der Waals surface area contributed by atoms with Gasteiger partial charge in [0.15, 0.2) is 0 Å². The van der Waals surface area contributed by atoms with E-state index < -0.39 is 5.97 Å². The van der Waals surface area contributed by atoms with E-state index in [1.807, 2.05) is 45.6 Å². The van der Waals surface area contributed by atoms with Gasteiger partial charge in [0.05, 0.1) is 10.6 Å². The molecule has 0 atom stereocenters. The summed E-state index contributed by atoms with van der Waals surface area (Å²) in [6.45, 7) is 12.2. The first kappa shape index (κ1) is 29.9. The van der Waals surface area contributed by atoms with Gasteiger partial charge in [-0.1, -0.05) is 73.9 Å². The van der Waals surface area contributed by atoms with Crippen LogP contribution in [0.3, 0.4) is 0 Å². The van der Waals surface area contributed by atoms with E-state index >= 15 is 0 Å². The van der Waals surface area contributed by atoms with Crippen molar-refractivity contribution in [2.45, 2.75) is 34.1 Å². The lowest BCUT2D eigenvalue weighted by Gasteiger charge is -2.11. The Balaban J connectivity index is 0.00000101. The molecule has 0 bridgehead atoms. The Morgan fingerprint density at radius 2 is 1.58 bits per heavy atom. The molecule has 8 heteroatoms. The van der Waals surface area contributed by atoms with Gasteiger partial charge in [-0.3, -0.25) is 0 Å². The zero-order valence-electron chi connectivity index (χ0n) is 20.7. The molecule has 4 rings (SSSR count). The molecule has 1 N–H and O–H groups in total. The number of halogens is 1. The molecule has 7 nitrogen and oxygen atoms in total. The van der Waals surface area contributed by atoms with Crippen LogP contribution in [0.15, 0.2) is 65.2 Å². The smallest absolute Gasteiger partial charge is 0.337 e. The third-order valence-electron chi connectivity index (χ3n) is 5.05. The van der Waals surface area contributed by atoms with Gasteiger partial charge in [0.1, 0.15) is 13.6 Å². The minimum Gasteiger partial charge on any atom is -0.478 e. The van der Waals surface area contributed by atoms with Crippen molar-refractivity contribution in [1.82, 2.24) is 10.1 Å². The fourth-order valence-corrected chi connectivity index (χ4v) is 3.70. The number of aryl methyl sites for hydroxylation is 2. The van der Waals surface area contributed by atoms with Gasteiger partial charge in [0.2, 0.25) is 5.82 Å². The van der Waals surface area contributed by atoms with Crippen LogP contribution in [0, 0.1) is 6.92 Å². The second kappa shape index (κ2) is 15.0. The molecular weight excluding hydrogens is 480 g/mol. The van der Waals surface area contributed by atoms with E-state index in [1.165, 1.54) is 34.4 Å². The highest BCUT2D eigenvalue weighted by Gasteiger charge is 2.16.